The third kappa shape index (κ3) is 5.16. The van der Waals surface area contributed by atoms with E-state index in [1.165, 1.54) is 0 Å². The highest BCUT2D eigenvalue weighted by molar-refractivity contribution is 6.35. The van der Waals surface area contributed by atoms with E-state index in [1.54, 1.807) is 12.1 Å². The van der Waals surface area contributed by atoms with Gasteiger partial charge in [-0.2, -0.15) is 0 Å². The number of nitrogens with one attached hydrogen (secondary N) is 3. The Labute approximate surface area is 173 Å². The molecule has 1 aromatic heterocycles. The molecule has 3 N–H and O–H groups in total. The third-order valence-electron chi connectivity index (χ3n) is 4.13. The maximum absolute atomic E-state index is 12.1. The predicted octanol–water partition coefficient (Wildman–Crippen LogP) is 4.22. The van der Waals surface area contributed by atoms with Crippen LogP contribution in [0.5, 0.6) is 5.75 Å². The number of rotatable bonds is 9. The van der Waals surface area contributed by atoms with Crippen LogP contribution in [0.15, 0.2) is 41.2 Å². The summed E-state index contributed by atoms with van der Waals surface area (Å²) in [5.74, 6) is 1.14. The number of para-hydroxylation sites is 1. The molecule has 0 saturated carbocycles. The third-order valence-corrected chi connectivity index (χ3v) is 4.62. The molecular formula is C20H22Cl2N4O2. The number of hydrogen-bond donors (Lipinski definition) is 3. The number of ether oxygens (including phenoxy) is 1. The topological polar surface area (TPSA) is 79.0 Å². The van der Waals surface area contributed by atoms with Crippen LogP contribution in [0.3, 0.4) is 0 Å². The fourth-order valence-electron chi connectivity index (χ4n) is 2.86. The van der Waals surface area contributed by atoms with Crippen molar-refractivity contribution in [2.75, 3.05) is 25.0 Å². The number of nitrogens with zero attached hydrogens (tertiary/aromatic N) is 1. The van der Waals surface area contributed by atoms with E-state index in [0.717, 1.165) is 18.5 Å². The molecule has 0 amide bonds. The van der Waals surface area contributed by atoms with Crippen LogP contribution >= 0.6 is 23.2 Å². The Morgan fingerprint density at radius 3 is 2.82 bits per heavy atom. The van der Waals surface area contributed by atoms with E-state index in [1.807, 2.05) is 31.2 Å². The summed E-state index contributed by atoms with van der Waals surface area (Å²) in [4.78, 5) is 19.2. The second-order valence-corrected chi connectivity index (χ2v) is 7.04. The second-order valence-electron chi connectivity index (χ2n) is 6.20. The van der Waals surface area contributed by atoms with Crippen molar-refractivity contribution in [2.24, 2.45) is 0 Å². The van der Waals surface area contributed by atoms with Crippen molar-refractivity contribution in [3.63, 3.8) is 0 Å². The SMILES string of the molecule is CCOc1c(Cl)cc(Cl)cc1CNCCCNc1nc2ccccc2c(=O)[nH]1. The molecule has 148 valence electrons. The number of hydrogen-bond acceptors (Lipinski definition) is 5. The molecule has 0 bridgehead atoms. The molecule has 3 aromatic rings. The van der Waals surface area contributed by atoms with Gasteiger partial charge in [-0.3, -0.25) is 9.78 Å². The largest absolute Gasteiger partial charge is 0.492 e. The number of benzene rings is 2. The van der Waals surface area contributed by atoms with Crippen molar-refractivity contribution >= 4 is 40.1 Å². The molecule has 0 atom stereocenters. The van der Waals surface area contributed by atoms with E-state index >= 15 is 0 Å². The first-order valence-corrected chi connectivity index (χ1v) is 9.88. The van der Waals surface area contributed by atoms with Gasteiger partial charge in [0, 0.05) is 23.7 Å². The van der Waals surface area contributed by atoms with Crippen LogP contribution in [0.4, 0.5) is 5.95 Å². The summed E-state index contributed by atoms with van der Waals surface area (Å²) in [5, 5.41) is 8.18. The molecule has 0 unspecified atom stereocenters. The quantitative estimate of drug-likeness (QED) is 0.451. The number of H-pyrrole nitrogens is 1. The zero-order chi connectivity index (χ0) is 19.9. The zero-order valence-electron chi connectivity index (χ0n) is 15.5. The van der Waals surface area contributed by atoms with Crippen molar-refractivity contribution in [1.29, 1.82) is 0 Å². The van der Waals surface area contributed by atoms with Crippen molar-refractivity contribution in [3.05, 3.63) is 62.4 Å². The van der Waals surface area contributed by atoms with Crippen LogP contribution in [0.1, 0.15) is 18.9 Å². The molecule has 3 rings (SSSR count). The number of fused-ring (bicyclic) bond motifs is 1. The van der Waals surface area contributed by atoms with Gasteiger partial charge in [0.2, 0.25) is 5.95 Å². The summed E-state index contributed by atoms with van der Waals surface area (Å²) in [7, 11) is 0. The molecule has 2 aromatic carbocycles. The highest BCUT2D eigenvalue weighted by Gasteiger charge is 2.10. The van der Waals surface area contributed by atoms with Gasteiger partial charge in [-0.25, -0.2) is 4.98 Å². The molecule has 0 spiro atoms. The lowest BCUT2D eigenvalue weighted by atomic mass is 10.2. The molecule has 28 heavy (non-hydrogen) atoms. The lowest BCUT2D eigenvalue weighted by Crippen LogP contribution is -2.20. The van der Waals surface area contributed by atoms with Gasteiger partial charge < -0.3 is 15.4 Å². The first-order chi connectivity index (χ1) is 13.6. The minimum atomic E-state index is -0.146. The van der Waals surface area contributed by atoms with Crippen LogP contribution in [0.25, 0.3) is 10.9 Å². The number of anilines is 1. The minimum Gasteiger partial charge on any atom is -0.492 e. The average Bonchev–Trinajstić information content (AvgIpc) is 2.67. The van der Waals surface area contributed by atoms with Crippen LogP contribution in [-0.4, -0.2) is 29.7 Å². The van der Waals surface area contributed by atoms with Gasteiger partial charge in [-0.05, 0) is 44.2 Å². The first-order valence-electron chi connectivity index (χ1n) is 9.13. The monoisotopic (exact) mass is 420 g/mol. The van der Waals surface area contributed by atoms with Gasteiger partial charge in [0.15, 0.2) is 0 Å². The lowest BCUT2D eigenvalue weighted by molar-refractivity contribution is 0.335. The molecule has 0 fully saturated rings. The molecule has 0 saturated heterocycles. The fourth-order valence-corrected chi connectivity index (χ4v) is 3.45. The van der Waals surface area contributed by atoms with Crippen molar-refractivity contribution < 1.29 is 4.74 Å². The molecule has 0 aliphatic carbocycles. The summed E-state index contributed by atoms with van der Waals surface area (Å²) in [6, 6.07) is 10.8. The van der Waals surface area contributed by atoms with Gasteiger partial charge in [-0.1, -0.05) is 35.3 Å². The van der Waals surface area contributed by atoms with Gasteiger partial charge in [0.1, 0.15) is 5.75 Å². The van der Waals surface area contributed by atoms with Gasteiger partial charge in [0.05, 0.1) is 22.5 Å². The predicted molar refractivity (Wildman–Crippen MR) is 115 cm³/mol. The second kappa shape index (κ2) is 9.78. The van der Waals surface area contributed by atoms with Gasteiger partial charge >= 0.3 is 0 Å². The van der Waals surface area contributed by atoms with Crippen molar-refractivity contribution in [1.82, 2.24) is 15.3 Å². The number of aromatic amines is 1. The Kier molecular flexibility index (Phi) is 7.14. The average molecular weight is 421 g/mol. The van der Waals surface area contributed by atoms with Crippen LogP contribution in [-0.2, 0) is 6.54 Å². The van der Waals surface area contributed by atoms with E-state index in [0.29, 0.717) is 52.3 Å². The Bertz CT molecular complexity index is 1010. The molecule has 0 aliphatic heterocycles. The standard InChI is InChI=1S/C20H22Cl2N4O2/c1-2-28-18-13(10-14(21)11-16(18)22)12-23-8-5-9-24-20-25-17-7-4-3-6-15(17)19(27)26-20/h3-4,6-7,10-11,23H,2,5,8-9,12H2,1H3,(H2,24,25,26,27). The Hall–Kier alpha value is -2.28. The van der Waals surface area contributed by atoms with Crippen molar-refractivity contribution in [3.8, 4) is 5.75 Å². The lowest BCUT2D eigenvalue weighted by Gasteiger charge is -2.13. The Morgan fingerprint density at radius 1 is 1.18 bits per heavy atom. The fraction of sp³-hybridized carbons (Fsp3) is 0.300. The van der Waals surface area contributed by atoms with E-state index in [4.69, 9.17) is 27.9 Å². The normalized spacial score (nSPS) is 11.0. The summed E-state index contributed by atoms with van der Waals surface area (Å²) < 4.78 is 5.62. The highest BCUT2D eigenvalue weighted by Crippen LogP contribution is 2.32. The maximum Gasteiger partial charge on any atom is 0.260 e. The summed E-state index contributed by atoms with van der Waals surface area (Å²) in [5.41, 5.74) is 1.45. The Morgan fingerprint density at radius 2 is 2.00 bits per heavy atom. The summed E-state index contributed by atoms with van der Waals surface area (Å²) in [6.45, 7) is 4.48. The van der Waals surface area contributed by atoms with E-state index in [9.17, 15) is 4.79 Å². The Balaban J connectivity index is 1.49. The number of halogens is 2. The van der Waals surface area contributed by atoms with Crippen LogP contribution in [0, 0.1) is 0 Å². The summed E-state index contributed by atoms with van der Waals surface area (Å²) in [6.07, 6.45) is 0.842. The minimum absolute atomic E-state index is 0.146. The van der Waals surface area contributed by atoms with Gasteiger partial charge in [0.25, 0.3) is 5.56 Å². The molecule has 8 heteroatoms. The number of aromatic nitrogens is 2. The van der Waals surface area contributed by atoms with E-state index in [-0.39, 0.29) is 5.56 Å². The summed E-state index contributed by atoms with van der Waals surface area (Å²) >= 11 is 12.3. The van der Waals surface area contributed by atoms with E-state index in [2.05, 4.69) is 20.6 Å². The van der Waals surface area contributed by atoms with E-state index < -0.39 is 0 Å². The molecule has 0 radical (unpaired) electrons. The molecular weight excluding hydrogens is 399 g/mol. The van der Waals surface area contributed by atoms with Crippen molar-refractivity contribution in [2.45, 2.75) is 19.9 Å². The van der Waals surface area contributed by atoms with Crippen LogP contribution in [0.2, 0.25) is 10.0 Å². The van der Waals surface area contributed by atoms with Gasteiger partial charge in [-0.15, -0.1) is 0 Å². The highest BCUT2D eigenvalue weighted by atomic mass is 35.5. The molecule has 1 heterocycles. The zero-order valence-corrected chi connectivity index (χ0v) is 17.0. The molecule has 0 aliphatic rings. The smallest absolute Gasteiger partial charge is 0.260 e. The van der Waals surface area contributed by atoms with Crippen LogP contribution < -0.4 is 20.9 Å². The molecule has 6 nitrogen and oxygen atoms in total. The first kappa shape index (κ1) is 20.5. The maximum atomic E-state index is 12.1.